The fourth-order valence-electron chi connectivity index (χ4n) is 1.23. The molecule has 6 nitrogen and oxygen atoms in total. The molecule has 0 spiro atoms. The van der Waals surface area contributed by atoms with Crippen LogP contribution in [0.2, 0.25) is 0 Å². The van der Waals surface area contributed by atoms with Gasteiger partial charge in [-0.3, -0.25) is 9.00 Å². The summed E-state index contributed by atoms with van der Waals surface area (Å²) in [6, 6.07) is 0. The molecule has 0 fully saturated rings. The second-order valence-corrected chi connectivity index (χ2v) is 6.52. The topological polar surface area (TPSA) is 88.3 Å². The summed E-state index contributed by atoms with van der Waals surface area (Å²) in [6.45, 7) is 0.493. The van der Waals surface area contributed by atoms with Crippen LogP contribution in [0, 0.1) is 0 Å². The predicted molar refractivity (Wildman–Crippen MR) is 76.7 cm³/mol. The molecule has 0 saturated heterocycles. The lowest BCUT2D eigenvalue weighted by atomic mass is 10.4. The van der Waals surface area contributed by atoms with Crippen LogP contribution in [0.3, 0.4) is 0 Å². The van der Waals surface area contributed by atoms with Crippen molar-refractivity contribution in [1.82, 2.24) is 10.3 Å². The number of nitrogens with one attached hydrogen (secondary N) is 1. The number of rotatable bonds is 6. The molecule has 0 aromatic carbocycles. The van der Waals surface area contributed by atoms with Gasteiger partial charge in [0.25, 0.3) is 5.91 Å². The minimum Gasteiger partial charge on any atom is -0.382 e. The molecule has 1 aromatic rings. The number of nitrogens with zero attached hydrogens (tertiary/aromatic N) is 2. The molecule has 3 N–H and O–H groups in total. The van der Waals surface area contributed by atoms with Crippen molar-refractivity contribution in [1.29, 1.82) is 0 Å². The van der Waals surface area contributed by atoms with Crippen molar-refractivity contribution in [3.8, 4) is 0 Å². The molecule has 1 unspecified atom stereocenters. The molecular formula is C10H18N4O2S2. The van der Waals surface area contributed by atoms with Gasteiger partial charge in [0.1, 0.15) is 10.7 Å². The van der Waals surface area contributed by atoms with E-state index in [4.69, 9.17) is 5.73 Å². The second kappa shape index (κ2) is 6.69. The monoisotopic (exact) mass is 290 g/mol. The van der Waals surface area contributed by atoms with Gasteiger partial charge in [-0.2, -0.15) is 0 Å². The van der Waals surface area contributed by atoms with Crippen LogP contribution in [0.15, 0.2) is 0 Å². The van der Waals surface area contributed by atoms with Gasteiger partial charge in [-0.05, 0) is 6.42 Å². The number of carbonyl (C=O) groups excluding carboxylic acids is 1. The van der Waals surface area contributed by atoms with E-state index in [-0.39, 0.29) is 11.7 Å². The summed E-state index contributed by atoms with van der Waals surface area (Å²) in [5.41, 5.74) is 5.70. The van der Waals surface area contributed by atoms with E-state index < -0.39 is 10.8 Å². The number of carbonyl (C=O) groups is 1. The molecule has 0 aliphatic rings. The van der Waals surface area contributed by atoms with Gasteiger partial charge in [-0.25, -0.2) is 4.98 Å². The van der Waals surface area contributed by atoms with Gasteiger partial charge in [0, 0.05) is 43.4 Å². The van der Waals surface area contributed by atoms with E-state index in [0.29, 0.717) is 28.7 Å². The maximum absolute atomic E-state index is 11.8. The molecule has 102 valence electrons. The second-order valence-electron chi connectivity index (χ2n) is 3.99. The zero-order valence-corrected chi connectivity index (χ0v) is 12.4. The third kappa shape index (κ3) is 4.26. The lowest BCUT2D eigenvalue weighted by Gasteiger charge is -2.05. The highest BCUT2D eigenvalue weighted by Crippen LogP contribution is 2.26. The molecule has 8 heteroatoms. The molecule has 1 atom stereocenters. The Hall–Kier alpha value is -1.15. The number of thiazole rings is 1. The van der Waals surface area contributed by atoms with Crippen LogP contribution in [0.25, 0.3) is 0 Å². The third-order valence-corrected chi connectivity index (χ3v) is 4.23. The maximum Gasteiger partial charge on any atom is 0.265 e. The minimum absolute atomic E-state index is 0.222. The average Bonchev–Trinajstić information content (AvgIpc) is 2.66. The fourth-order valence-corrected chi connectivity index (χ4v) is 2.61. The Balaban J connectivity index is 2.53. The number of hydrogen-bond acceptors (Lipinski definition) is 6. The van der Waals surface area contributed by atoms with Crippen LogP contribution in [0.4, 0.5) is 10.9 Å². The first-order valence-corrected chi connectivity index (χ1v) is 7.98. The van der Waals surface area contributed by atoms with Crippen molar-refractivity contribution in [2.45, 2.75) is 6.42 Å². The summed E-state index contributed by atoms with van der Waals surface area (Å²) >= 11 is 1.26. The Morgan fingerprint density at radius 1 is 1.56 bits per heavy atom. The van der Waals surface area contributed by atoms with Crippen molar-refractivity contribution >= 4 is 39.0 Å². The normalized spacial score (nSPS) is 12.2. The lowest BCUT2D eigenvalue weighted by molar-refractivity contribution is 0.0958. The quantitative estimate of drug-likeness (QED) is 0.735. The van der Waals surface area contributed by atoms with E-state index in [1.165, 1.54) is 11.3 Å². The summed E-state index contributed by atoms with van der Waals surface area (Å²) in [6.07, 6.45) is 2.33. The Morgan fingerprint density at radius 2 is 2.22 bits per heavy atom. The zero-order chi connectivity index (χ0) is 13.7. The lowest BCUT2D eigenvalue weighted by Crippen LogP contribution is -2.25. The number of aromatic nitrogens is 1. The average molecular weight is 290 g/mol. The molecular weight excluding hydrogens is 272 g/mol. The molecule has 18 heavy (non-hydrogen) atoms. The molecule has 0 aliphatic heterocycles. The minimum atomic E-state index is -0.824. The number of nitrogen functional groups attached to an aromatic ring is 1. The number of amides is 1. The fraction of sp³-hybridized carbons (Fsp3) is 0.600. The smallest absolute Gasteiger partial charge is 0.265 e. The van der Waals surface area contributed by atoms with Crippen LogP contribution >= 0.6 is 11.3 Å². The van der Waals surface area contributed by atoms with Crippen LogP contribution in [-0.4, -0.2) is 47.7 Å². The summed E-state index contributed by atoms with van der Waals surface area (Å²) in [5.74, 6) is 0.613. The first-order valence-electron chi connectivity index (χ1n) is 5.43. The number of hydrogen-bond donors (Lipinski definition) is 2. The number of nitrogens with two attached hydrogens (primary N) is 1. The van der Waals surface area contributed by atoms with Gasteiger partial charge in [-0.15, -0.1) is 0 Å². The maximum atomic E-state index is 11.8. The summed E-state index contributed by atoms with van der Waals surface area (Å²) in [5, 5.41) is 3.45. The first kappa shape index (κ1) is 14.9. The van der Waals surface area contributed by atoms with Crippen molar-refractivity contribution in [2.24, 2.45) is 0 Å². The van der Waals surface area contributed by atoms with Gasteiger partial charge in [0.05, 0.1) is 0 Å². The van der Waals surface area contributed by atoms with E-state index >= 15 is 0 Å². The SMILES string of the molecule is CN(C)c1nc(N)c(C(=O)NCCCS(C)=O)s1. The molecule has 1 heterocycles. The van der Waals surface area contributed by atoms with E-state index in [9.17, 15) is 9.00 Å². The van der Waals surface area contributed by atoms with Crippen LogP contribution in [0.1, 0.15) is 16.1 Å². The van der Waals surface area contributed by atoms with Gasteiger partial charge in [0.15, 0.2) is 5.13 Å². The van der Waals surface area contributed by atoms with E-state index in [0.717, 1.165) is 0 Å². The van der Waals surface area contributed by atoms with Crippen molar-refractivity contribution in [3.05, 3.63) is 4.88 Å². The standard InChI is InChI=1S/C10H18N4O2S2/c1-14(2)10-13-8(11)7(17-10)9(15)12-5-4-6-18(3)16/h4-6,11H2,1-3H3,(H,12,15). The van der Waals surface area contributed by atoms with Gasteiger partial charge >= 0.3 is 0 Å². The molecule has 1 aromatic heterocycles. The summed E-state index contributed by atoms with van der Waals surface area (Å²) in [7, 11) is 2.86. The summed E-state index contributed by atoms with van der Waals surface area (Å²) < 4.78 is 10.9. The van der Waals surface area contributed by atoms with E-state index in [1.54, 1.807) is 11.2 Å². The Morgan fingerprint density at radius 3 is 2.72 bits per heavy atom. The predicted octanol–water partition coefficient (Wildman–Crippen LogP) is 0.290. The summed E-state index contributed by atoms with van der Waals surface area (Å²) in [4.78, 5) is 18.2. The first-order chi connectivity index (χ1) is 8.41. The van der Waals surface area contributed by atoms with E-state index in [2.05, 4.69) is 10.3 Å². The Kier molecular flexibility index (Phi) is 5.54. The van der Waals surface area contributed by atoms with Crippen LogP contribution in [0.5, 0.6) is 0 Å². The molecule has 1 amide bonds. The Bertz CT molecular complexity index is 445. The Labute approximate surface area is 113 Å². The third-order valence-electron chi connectivity index (χ3n) is 2.13. The molecule has 0 bridgehead atoms. The van der Waals surface area contributed by atoms with Crippen molar-refractivity contribution < 1.29 is 9.00 Å². The van der Waals surface area contributed by atoms with Crippen LogP contribution < -0.4 is 16.0 Å². The van der Waals surface area contributed by atoms with Crippen molar-refractivity contribution in [3.63, 3.8) is 0 Å². The molecule has 0 aliphatic carbocycles. The van der Waals surface area contributed by atoms with Crippen LogP contribution in [-0.2, 0) is 10.8 Å². The van der Waals surface area contributed by atoms with Gasteiger partial charge < -0.3 is 16.0 Å². The highest BCUT2D eigenvalue weighted by Gasteiger charge is 2.16. The number of anilines is 2. The van der Waals surface area contributed by atoms with Crippen molar-refractivity contribution in [2.75, 3.05) is 43.3 Å². The van der Waals surface area contributed by atoms with Gasteiger partial charge in [0.2, 0.25) is 0 Å². The van der Waals surface area contributed by atoms with Gasteiger partial charge in [-0.1, -0.05) is 11.3 Å². The molecule has 1 rings (SSSR count). The molecule has 0 radical (unpaired) electrons. The molecule has 0 saturated carbocycles. The highest BCUT2D eigenvalue weighted by atomic mass is 32.2. The largest absolute Gasteiger partial charge is 0.382 e. The highest BCUT2D eigenvalue weighted by molar-refractivity contribution is 7.84. The zero-order valence-electron chi connectivity index (χ0n) is 10.7. The van der Waals surface area contributed by atoms with E-state index in [1.807, 2.05) is 14.1 Å².